The van der Waals surface area contributed by atoms with Crippen molar-refractivity contribution in [1.29, 1.82) is 0 Å². The Morgan fingerprint density at radius 1 is 1.40 bits per heavy atom. The van der Waals surface area contributed by atoms with Crippen molar-refractivity contribution in [3.63, 3.8) is 0 Å². The summed E-state index contributed by atoms with van der Waals surface area (Å²) >= 11 is 2.37. The molecule has 0 saturated heterocycles. The first kappa shape index (κ1) is 8.43. The Morgan fingerprint density at radius 3 is 2.50 bits per heavy atom. The summed E-state index contributed by atoms with van der Waals surface area (Å²) in [4.78, 5) is 0. The second-order valence-electron chi connectivity index (χ2n) is 3.82. The van der Waals surface area contributed by atoms with Crippen LogP contribution in [0.3, 0.4) is 0 Å². The first-order valence-corrected chi connectivity index (χ1v) is 4.35. The van der Waals surface area contributed by atoms with Crippen molar-refractivity contribution in [2.75, 3.05) is 0 Å². The van der Waals surface area contributed by atoms with Crippen LogP contribution in [-0.4, -0.2) is 17.7 Å². The Bertz CT molecular complexity index is 134. The molecule has 0 aliphatic heterocycles. The molecule has 0 aromatic carbocycles. The topological polar surface area (TPSA) is 0 Å². The second-order valence-corrected chi connectivity index (χ2v) is 3.82. The molecule has 1 heteroatoms. The van der Waals surface area contributed by atoms with E-state index in [4.69, 9.17) is 0 Å². The van der Waals surface area contributed by atoms with Gasteiger partial charge in [0.25, 0.3) is 0 Å². The molecule has 0 bridgehead atoms. The quantitative estimate of drug-likeness (QED) is 0.378. The minimum absolute atomic E-state index is 0.894. The van der Waals surface area contributed by atoms with Crippen LogP contribution >= 0.6 is 0 Å². The maximum atomic E-state index is 2.44. The summed E-state index contributed by atoms with van der Waals surface area (Å²) in [6.45, 7) is 4.40. The third-order valence-electron chi connectivity index (χ3n) is 2.48. The van der Waals surface area contributed by atoms with Crippen molar-refractivity contribution in [3.8, 4) is 0 Å². The molecule has 1 aliphatic rings. The van der Waals surface area contributed by atoms with E-state index in [-0.39, 0.29) is 0 Å². The summed E-state index contributed by atoms with van der Waals surface area (Å²) in [6, 6.07) is 0. The van der Waals surface area contributed by atoms with Crippen LogP contribution in [0.2, 0.25) is 4.59 Å². The van der Waals surface area contributed by atoms with Gasteiger partial charge in [0.1, 0.15) is 0 Å². The molecule has 52 valence electrons. The zero-order chi connectivity index (χ0) is 7.56. The molecular weight excluding hydrogens is 115 g/mol. The molecule has 0 spiro atoms. The van der Waals surface area contributed by atoms with Crippen LogP contribution in [0, 0.1) is 5.92 Å². The van der Waals surface area contributed by atoms with E-state index in [1.54, 1.807) is 0 Å². The van der Waals surface area contributed by atoms with Gasteiger partial charge in [-0.05, 0) is 0 Å². The van der Waals surface area contributed by atoms with Crippen LogP contribution in [0.15, 0.2) is 11.6 Å². The molecule has 0 aromatic rings. The fourth-order valence-electron chi connectivity index (χ4n) is 1.85. The summed E-state index contributed by atoms with van der Waals surface area (Å²) < 4.78 is 0.940. The summed E-state index contributed by atoms with van der Waals surface area (Å²) in [7, 11) is 0. The average molecular weight is 130 g/mol. The van der Waals surface area contributed by atoms with Gasteiger partial charge >= 0.3 is 73.0 Å². The zero-order valence-electron chi connectivity index (χ0n) is 7.35. The van der Waals surface area contributed by atoms with Crippen molar-refractivity contribution in [2.24, 2.45) is 5.92 Å². The van der Waals surface area contributed by atoms with Crippen LogP contribution in [-0.2, 0) is 0 Å². The molecule has 2 atom stereocenters. The second kappa shape index (κ2) is 3.65. The maximum absolute atomic E-state index is 2.44. The van der Waals surface area contributed by atoms with E-state index >= 15 is 0 Å². The number of rotatable bonds is 1. The Morgan fingerprint density at radius 2 is 2.10 bits per heavy atom. The van der Waals surface area contributed by atoms with Crippen molar-refractivity contribution >= 4 is 17.7 Å². The minimum atomic E-state index is 0.894. The van der Waals surface area contributed by atoms with Gasteiger partial charge in [0.2, 0.25) is 0 Å². The van der Waals surface area contributed by atoms with Gasteiger partial charge in [0.05, 0.1) is 0 Å². The summed E-state index contributed by atoms with van der Waals surface area (Å²) in [5.41, 5.74) is 1.48. The standard InChI is InChI=1S/C9H15.Li/c1-8(2)7-9-5-3-4-6-9;/h5,7,9H,3-4,6H2,1-2H3;. The molecule has 1 saturated carbocycles. The monoisotopic (exact) mass is 130 g/mol. The summed E-state index contributed by atoms with van der Waals surface area (Å²) in [5, 5.41) is 0. The van der Waals surface area contributed by atoms with Gasteiger partial charge in [-0.15, -0.1) is 0 Å². The molecule has 0 aromatic heterocycles. The third-order valence-corrected chi connectivity index (χ3v) is 2.48. The Hall–Kier alpha value is 0.337. The van der Waals surface area contributed by atoms with Crippen molar-refractivity contribution in [1.82, 2.24) is 0 Å². The van der Waals surface area contributed by atoms with Crippen LogP contribution in [0.1, 0.15) is 33.1 Å². The van der Waals surface area contributed by atoms with Gasteiger partial charge in [0, 0.05) is 0 Å². The molecule has 0 nitrogen and oxygen atoms in total. The summed E-state index contributed by atoms with van der Waals surface area (Å²) in [6.07, 6.45) is 6.74. The van der Waals surface area contributed by atoms with Gasteiger partial charge in [0.15, 0.2) is 0 Å². The van der Waals surface area contributed by atoms with Crippen molar-refractivity contribution in [2.45, 2.75) is 37.7 Å². The van der Waals surface area contributed by atoms with Gasteiger partial charge in [-0.3, -0.25) is 0 Å². The number of hydrogen-bond donors (Lipinski definition) is 0. The molecular formula is C9H15Li. The first-order valence-electron chi connectivity index (χ1n) is 4.35. The average Bonchev–Trinajstić information content (AvgIpc) is 2.15. The van der Waals surface area contributed by atoms with Crippen LogP contribution in [0.5, 0.6) is 0 Å². The predicted octanol–water partition coefficient (Wildman–Crippen LogP) is 2.71. The molecule has 1 fully saturated rings. The number of hydrogen-bond acceptors (Lipinski definition) is 0. The molecule has 0 amide bonds. The van der Waals surface area contributed by atoms with E-state index in [1.807, 2.05) is 0 Å². The molecule has 1 aliphatic carbocycles. The normalized spacial score (nSPS) is 32.4. The molecule has 0 radical (unpaired) electrons. The first-order chi connectivity index (χ1) is 4.70. The third kappa shape index (κ3) is 2.18. The van der Waals surface area contributed by atoms with Crippen molar-refractivity contribution < 1.29 is 0 Å². The summed E-state index contributed by atoms with van der Waals surface area (Å²) in [5.74, 6) is 0.894. The van der Waals surface area contributed by atoms with E-state index < -0.39 is 0 Å². The van der Waals surface area contributed by atoms with Gasteiger partial charge < -0.3 is 0 Å². The van der Waals surface area contributed by atoms with E-state index in [1.165, 1.54) is 24.8 Å². The van der Waals surface area contributed by atoms with Crippen molar-refractivity contribution in [3.05, 3.63) is 11.6 Å². The predicted molar refractivity (Wildman–Crippen MR) is 46.3 cm³/mol. The fourth-order valence-corrected chi connectivity index (χ4v) is 1.85. The molecule has 0 heterocycles. The van der Waals surface area contributed by atoms with Crippen LogP contribution in [0.4, 0.5) is 0 Å². The fraction of sp³-hybridized carbons (Fsp3) is 0.778. The van der Waals surface area contributed by atoms with E-state index in [0.29, 0.717) is 0 Å². The zero-order valence-corrected chi connectivity index (χ0v) is 7.35. The van der Waals surface area contributed by atoms with Crippen LogP contribution < -0.4 is 0 Å². The van der Waals surface area contributed by atoms with E-state index in [0.717, 1.165) is 10.5 Å². The molecule has 2 unspecified atom stereocenters. The van der Waals surface area contributed by atoms with Gasteiger partial charge in [-0.1, -0.05) is 0 Å². The van der Waals surface area contributed by atoms with Gasteiger partial charge in [-0.2, -0.15) is 0 Å². The van der Waals surface area contributed by atoms with Gasteiger partial charge in [-0.25, -0.2) is 0 Å². The molecule has 10 heavy (non-hydrogen) atoms. The Kier molecular flexibility index (Phi) is 3.08. The SMILES string of the molecule is [Li][CH]1CCCC1C=C(C)C. The van der Waals surface area contributed by atoms with E-state index in [2.05, 4.69) is 37.6 Å². The molecule has 0 N–H and O–H groups in total. The van der Waals surface area contributed by atoms with E-state index in [9.17, 15) is 0 Å². The van der Waals surface area contributed by atoms with Crippen LogP contribution in [0.25, 0.3) is 0 Å². The Balaban J connectivity index is 2.48. The molecule has 1 rings (SSSR count). The Labute approximate surface area is 73.3 Å². The number of allylic oxidation sites excluding steroid dienone is 2.